The van der Waals surface area contributed by atoms with Crippen molar-refractivity contribution in [2.24, 2.45) is 20.0 Å². The molecule has 10 rings (SSSR count). The van der Waals surface area contributed by atoms with Crippen LogP contribution in [0.15, 0.2) is 114 Å². The molecule has 0 atom stereocenters. The van der Waals surface area contributed by atoms with Crippen molar-refractivity contribution in [3.8, 4) is 0 Å². The Balaban J connectivity index is 1.11. The van der Waals surface area contributed by atoms with E-state index in [1.807, 2.05) is 49.1 Å². The number of halogens is 1. The molecule has 0 amide bonds. The van der Waals surface area contributed by atoms with E-state index in [4.69, 9.17) is 28.8 Å². The summed E-state index contributed by atoms with van der Waals surface area (Å²) in [6.07, 6.45) is 15.0. The van der Waals surface area contributed by atoms with Gasteiger partial charge in [-0.05, 0) is 106 Å². The van der Waals surface area contributed by atoms with Crippen molar-refractivity contribution in [1.82, 2.24) is 9.88 Å². The number of anilines is 5. The van der Waals surface area contributed by atoms with E-state index in [0.29, 0.717) is 46.0 Å². The summed E-state index contributed by atoms with van der Waals surface area (Å²) in [5.41, 5.74) is 8.15. The van der Waals surface area contributed by atoms with E-state index in [1.165, 1.54) is 63.1 Å². The number of amidine groups is 1. The first-order chi connectivity index (χ1) is 27.9. The first-order valence-electron chi connectivity index (χ1n) is 19.8. The van der Waals surface area contributed by atoms with Gasteiger partial charge in [-0.25, -0.2) is 19.9 Å². The summed E-state index contributed by atoms with van der Waals surface area (Å²) in [5, 5.41) is 7.04. The predicted molar refractivity (Wildman–Crippen MR) is 226 cm³/mol. The summed E-state index contributed by atoms with van der Waals surface area (Å²) in [7, 11) is 0. The molecule has 0 unspecified atom stereocenters. The Hall–Kier alpha value is -6.08. The molecule has 288 valence electrons. The van der Waals surface area contributed by atoms with Gasteiger partial charge in [-0.2, -0.15) is 14.4 Å². The second-order valence-electron chi connectivity index (χ2n) is 15.1. The summed E-state index contributed by atoms with van der Waals surface area (Å²) in [6, 6.07) is 20.9. The Kier molecular flexibility index (Phi) is 9.16. The van der Waals surface area contributed by atoms with Gasteiger partial charge in [0.05, 0.1) is 34.7 Å². The minimum Gasteiger partial charge on any atom is -0.446 e. The summed E-state index contributed by atoms with van der Waals surface area (Å²) in [4.78, 5) is 28.5. The summed E-state index contributed by atoms with van der Waals surface area (Å²) in [6.45, 7) is 5.90. The van der Waals surface area contributed by atoms with Gasteiger partial charge < -0.3 is 24.4 Å². The molecule has 2 aromatic carbocycles. The number of aryl methyl sites for hydroxylation is 2. The smallest absolute Gasteiger partial charge is 0.239 e. The van der Waals surface area contributed by atoms with Gasteiger partial charge in [0, 0.05) is 42.0 Å². The molecule has 1 saturated carbocycles. The highest BCUT2D eigenvalue weighted by Crippen LogP contribution is 2.40. The molecule has 5 aromatic rings. The van der Waals surface area contributed by atoms with Crippen LogP contribution in [0.1, 0.15) is 90.5 Å². The lowest BCUT2D eigenvalue weighted by Crippen LogP contribution is -2.42. The molecule has 1 saturated heterocycles. The Morgan fingerprint density at radius 3 is 2.12 bits per heavy atom. The minimum absolute atomic E-state index is 0.251. The number of hydrogen-bond acceptors (Lipinski definition) is 12. The average Bonchev–Trinajstić information content (AvgIpc) is 3.98. The number of nitrogens with one attached hydrogen (secondary N) is 2. The van der Waals surface area contributed by atoms with Crippen molar-refractivity contribution in [3.05, 3.63) is 123 Å². The van der Waals surface area contributed by atoms with Crippen LogP contribution in [0.3, 0.4) is 0 Å². The Morgan fingerprint density at radius 1 is 0.719 bits per heavy atom. The molecule has 1 aliphatic carbocycles. The predicted octanol–water partition coefficient (Wildman–Crippen LogP) is 10.8. The maximum atomic E-state index is 14.4. The lowest BCUT2D eigenvalue weighted by Gasteiger charge is -2.33. The number of allylic oxidation sites excluding steroid dienone is 2. The number of aliphatic imine (C=N–C) groups is 4. The molecule has 4 aliphatic heterocycles. The van der Waals surface area contributed by atoms with Crippen LogP contribution in [0.4, 0.5) is 33.2 Å². The first-order valence-corrected chi connectivity index (χ1v) is 20.6. The van der Waals surface area contributed by atoms with E-state index in [0.717, 1.165) is 69.8 Å². The third-order valence-electron chi connectivity index (χ3n) is 11.1. The van der Waals surface area contributed by atoms with E-state index in [2.05, 4.69) is 63.0 Å². The molecular weight excluding hydrogens is 738 g/mol. The van der Waals surface area contributed by atoms with Crippen LogP contribution in [0.5, 0.6) is 0 Å². The number of hydrogen-bond donors (Lipinski definition) is 2. The number of thiazole rings is 1. The quantitative estimate of drug-likeness (QED) is 0.153. The Morgan fingerprint density at radius 2 is 1.42 bits per heavy atom. The zero-order chi connectivity index (χ0) is 38.5. The van der Waals surface area contributed by atoms with Crippen molar-refractivity contribution in [2.75, 3.05) is 28.6 Å². The number of piperidine rings is 1. The fourth-order valence-corrected chi connectivity index (χ4v) is 8.88. The van der Waals surface area contributed by atoms with Crippen molar-refractivity contribution in [3.63, 3.8) is 0 Å². The highest BCUT2D eigenvalue weighted by Gasteiger charge is 2.35. The lowest BCUT2D eigenvalue weighted by atomic mass is 9.83. The molecule has 3 aromatic heterocycles. The number of nitrogens with zero attached hydrogens (tertiary/aromatic N) is 7. The fraction of sp³-hybridized carbons (Fsp3) is 0.295. The maximum Gasteiger partial charge on any atom is 0.239 e. The molecule has 0 radical (unpaired) electrons. The van der Waals surface area contributed by atoms with Crippen molar-refractivity contribution in [2.45, 2.75) is 71.1 Å². The van der Waals surface area contributed by atoms with Crippen LogP contribution in [-0.2, 0) is 0 Å². The van der Waals surface area contributed by atoms with Gasteiger partial charge in [-0.15, -0.1) is 0 Å². The highest BCUT2D eigenvalue weighted by molar-refractivity contribution is 7.12. The van der Waals surface area contributed by atoms with Crippen molar-refractivity contribution >= 4 is 69.3 Å². The molecule has 7 heterocycles. The van der Waals surface area contributed by atoms with E-state index in [-0.39, 0.29) is 5.84 Å². The maximum absolute atomic E-state index is 14.4. The Labute approximate surface area is 334 Å². The van der Waals surface area contributed by atoms with Crippen LogP contribution in [-0.4, -0.2) is 46.4 Å². The molecule has 0 bridgehead atoms. The van der Waals surface area contributed by atoms with E-state index in [1.54, 1.807) is 0 Å². The van der Waals surface area contributed by atoms with Crippen LogP contribution >= 0.6 is 11.3 Å². The van der Waals surface area contributed by atoms with E-state index < -0.39 is 5.13 Å². The zero-order valence-electron chi connectivity index (χ0n) is 31.9. The van der Waals surface area contributed by atoms with Crippen molar-refractivity contribution in [1.29, 1.82) is 0 Å². The topological polar surface area (TPSA) is 119 Å². The van der Waals surface area contributed by atoms with Crippen LogP contribution in [0, 0.1) is 19.0 Å². The second kappa shape index (κ2) is 14.8. The Bertz CT molecular complexity index is 2450. The summed E-state index contributed by atoms with van der Waals surface area (Å²) >= 11 is 0.888. The van der Waals surface area contributed by atoms with Crippen LogP contribution in [0.2, 0.25) is 0 Å². The third kappa shape index (κ3) is 7.12. The molecule has 57 heavy (non-hydrogen) atoms. The van der Waals surface area contributed by atoms with Crippen molar-refractivity contribution < 1.29 is 13.2 Å². The van der Waals surface area contributed by atoms with E-state index in [9.17, 15) is 4.39 Å². The standard InChI is InChI=1S/C44H42FN9O2S/c1-26-11-17-39(55-26)47-34-21-29(28-9-5-3-6-10-28)13-15-32(34)36-23-31-24-37(50-44-52-41(42-46-25-38(45)57-42)51-43(49-36)54(31)44)33-16-14-30(53-19-7-4-8-20-53)22-35(33)48-40-18-12-27(2)56-40/h11-18,21-25,28,47-48H,3-10,19-20H2,1-2H3. The zero-order valence-corrected chi connectivity index (χ0v) is 32.7. The number of aromatic nitrogens is 1. The second-order valence-corrected chi connectivity index (χ2v) is 16.1. The van der Waals surface area contributed by atoms with E-state index >= 15 is 0 Å². The number of rotatable bonds is 9. The van der Waals surface area contributed by atoms with Gasteiger partial charge in [0.25, 0.3) is 0 Å². The number of furan rings is 2. The molecule has 0 spiro atoms. The molecule has 2 fully saturated rings. The monoisotopic (exact) mass is 779 g/mol. The molecule has 2 N–H and O–H groups in total. The molecule has 11 nitrogen and oxygen atoms in total. The van der Waals surface area contributed by atoms with Crippen LogP contribution in [0.25, 0.3) is 5.70 Å². The molecular formula is C44H42FN9O2S. The minimum atomic E-state index is -0.422. The van der Waals surface area contributed by atoms with Gasteiger partial charge in [0.15, 0.2) is 27.7 Å². The SMILES string of the molecule is Cc1ccc(Nc2cc(N3CCCCC3)ccc2C2=CC3=CC(c4ccc(C5CCCCC5)cc4Nc4ccc(C)o4)=NC4=NC(c5ncc(F)s5)=NC(=N2)N34)o1. The first kappa shape index (κ1) is 35.3. The lowest BCUT2D eigenvalue weighted by molar-refractivity contribution is 0.443. The largest absolute Gasteiger partial charge is 0.446 e. The number of guanidine groups is 2. The summed E-state index contributed by atoms with van der Waals surface area (Å²) in [5.74, 6) is 4.44. The fourth-order valence-electron chi connectivity index (χ4n) is 8.30. The van der Waals surface area contributed by atoms with Gasteiger partial charge in [0.2, 0.25) is 11.9 Å². The van der Waals surface area contributed by atoms with Gasteiger partial charge in [-0.1, -0.05) is 42.7 Å². The summed E-state index contributed by atoms with van der Waals surface area (Å²) < 4.78 is 26.4. The van der Waals surface area contributed by atoms with Gasteiger partial charge >= 0.3 is 0 Å². The average molecular weight is 780 g/mol. The van der Waals surface area contributed by atoms with Gasteiger partial charge in [-0.3, -0.25) is 0 Å². The van der Waals surface area contributed by atoms with Gasteiger partial charge in [0.1, 0.15) is 11.5 Å². The third-order valence-corrected chi connectivity index (χ3v) is 11.9. The normalized spacial score (nSPS) is 18.2. The molecule has 13 heteroatoms. The molecule has 5 aliphatic rings. The highest BCUT2D eigenvalue weighted by atomic mass is 32.1. The number of benzene rings is 2. The van der Waals surface area contributed by atoms with Crippen LogP contribution < -0.4 is 15.5 Å².